The number of nitrogens with one attached hydrogen (secondary N) is 1. The molecular weight excluding hydrogens is 512 g/mol. The molecule has 0 aliphatic rings. The second-order valence-corrected chi connectivity index (χ2v) is 10.6. The van der Waals surface area contributed by atoms with Gasteiger partial charge in [0.2, 0.25) is 11.8 Å². The van der Waals surface area contributed by atoms with Gasteiger partial charge in [-0.25, -0.2) is 17.2 Å². The summed E-state index contributed by atoms with van der Waals surface area (Å²) in [6.07, 6.45) is 1.60. The Kier molecular flexibility index (Phi) is 9.95. The Hall–Kier alpha value is -3.79. The maximum atomic E-state index is 14.5. The summed E-state index contributed by atoms with van der Waals surface area (Å²) in [5.74, 6) is -2.30. The van der Waals surface area contributed by atoms with Crippen molar-refractivity contribution >= 4 is 27.5 Å². The van der Waals surface area contributed by atoms with E-state index in [0.29, 0.717) is 6.54 Å². The van der Waals surface area contributed by atoms with Gasteiger partial charge in [0, 0.05) is 18.7 Å². The molecule has 202 valence electrons. The first-order valence-electron chi connectivity index (χ1n) is 12.3. The van der Waals surface area contributed by atoms with E-state index in [0.717, 1.165) is 34.2 Å². The predicted octanol–water partition coefficient (Wildman–Crippen LogP) is 4.49. The molecule has 3 rings (SSSR count). The van der Waals surface area contributed by atoms with Crippen molar-refractivity contribution in [2.24, 2.45) is 0 Å². The standard InChI is InChI=1S/C28H31F2N3O4S/c1-3-4-18-31-28(35)21(2)32(19-22-10-8-9-13-26(22)30)27(34)20-33(24-16-14-23(29)15-17-24)38(36,37)25-11-6-5-7-12-25/h5-17,21H,3-4,18-20H2,1-2H3,(H,31,35). The first-order valence-corrected chi connectivity index (χ1v) is 13.7. The normalized spacial score (nSPS) is 12.0. The smallest absolute Gasteiger partial charge is 0.264 e. The van der Waals surface area contributed by atoms with Gasteiger partial charge in [-0.2, -0.15) is 0 Å². The molecule has 7 nitrogen and oxygen atoms in total. The van der Waals surface area contributed by atoms with Gasteiger partial charge in [0.15, 0.2) is 0 Å². The lowest BCUT2D eigenvalue weighted by atomic mass is 10.1. The molecule has 0 aliphatic carbocycles. The van der Waals surface area contributed by atoms with Crippen LogP contribution >= 0.6 is 0 Å². The number of rotatable bonds is 12. The van der Waals surface area contributed by atoms with Crippen molar-refractivity contribution in [3.8, 4) is 0 Å². The highest BCUT2D eigenvalue weighted by Gasteiger charge is 2.32. The lowest BCUT2D eigenvalue weighted by Crippen LogP contribution is -2.51. The molecule has 3 aromatic carbocycles. The zero-order chi connectivity index (χ0) is 27.7. The summed E-state index contributed by atoms with van der Waals surface area (Å²) in [4.78, 5) is 27.7. The van der Waals surface area contributed by atoms with E-state index in [9.17, 15) is 26.8 Å². The molecule has 38 heavy (non-hydrogen) atoms. The Balaban J connectivity index is 1.99. The summed E-state index contributed by atoms with van der Waals surface area (Å²) in [6.45, 7) is 2.95. The van der Waals surface area contributed by atoms with Crippen LogP contribution in [0.25, 0.3) is 0 Å². The lowest BCUT2D eigenvalue weighted by Gasteiger charge is -2.32. The molecule has 0 fully saturated rings. The van der Waals surface area contributed by atoms with Crippen molar-refractivity contribution in [3.05, 3.63) is 96.1 Å². The third-order valence-corrected chi connectivity index (χ3v) is 7.81. The Morgan fingerprint density at radius 3 is 2.18 bits per heavy atom. The molecule has 0 heterocycles. The van der Waals surface area contributed by atoms with Gasteiger partial charge in [-0.3, -0.25) is 13.9 Å². The topological polar surface area (TPSA) is 86.8 Å². The number of nitrogens with zero attached hydrogens (tertiary/aromatic N) is 2. The van der Waals surface area contributed by atoms with Crippen LogP contribution in [0.2, 0.25) is 0 Å². The Morgan fingerprint density at radius 1 is 0.921 bits per heavy atom. The van der Waals surface area contributed by atoms with E-state index in [1.165, 1.54) is 49.4 Å². The number of hydrogen-bond donors (Lipinski definition) is 1. The third kappa shape index (κ3) is 7.16. The molecule has 1 unspecified atom stereocenters. The maximum Gasteiger partial charge on any atom is 0.264 e. The summed E-state index contributed by atoms with van der Waals surface area (Å²) in [5, 5.41) is 2.77. The van der Waals surface area contributed by atoms with E-state index in [-0.39, 0.29) is 22.7 Å². The van der Waals surface area contributed by atoms with E-state index in [4.69, 9.17) is 0 Å². The SMILES string of the molecule is CCCCNC(=O)C(C)N(Cc1ccccc1F)C(=O)CN(c1ccc(F)cc1)S(=O)(=O)c1ccccc1. The van der Waals surface area contributed by atoms with Crippen LogP contribution in [0, 0.1) is 11.6 Å². The van der Waals surface area contributed by atoms with Crippen molar-refractivity contribution < 1.29 is 26.8 Å². The molecule has 2 amide bonds. The first-order chi connectivity index (χ1) is 18.1. The molecule has 0 aromatic heterocycles. The van der Waals surface area contributed by atoms with Crippen molar-refractivity contribution in [2.45, 2.75) is 44.2 Å². The molecule has 0 radical (unpaired) electrons. The molecule has 1 atom stereocenters. The first kappa shape index (κ1) is 28.8. The van der Waals surface area contributed by atoms with Crippen LogP contribution in [-0.4, -0.2) is 44.3 Å². The number of carbonyl (C=O) groups is 2. The average Bonchev–Trinajstić information content (AvgIpc) is 2.92. The minimum absolute atomic E-state index is 0.0643. The Labute approximate surface area is 222 Å². The predicted molar refractivity (Wildman–Crippen MR) is 142 cm³/mol. The zero-order valence-corrected chi connectivity index (χ0v) is 22.1. The van der Waals surface area contributed by atoms with Crippen molar-refractivity contribution in [2.75, 3.05) is 17.4 Å². The number of halogens is 2. The van der Waals surface area contributed by atoms with Gasteiger partial charge in [0.25, 0.3) is 10.0 Å². The summed E-state index contributed by atoms with van der Waals surface area (Å²) >= 11 is 0. The molecule has 0 aliphatic heterocycles. The maximum absolute atomic E-state index is 14.5. The Bertz CT molecular complexity index is 1340. The van der Waals surface area contributed by atoms with Crippen molar-refractivity contribution in [1.82, 2.24) is 10.2 Å². The van der Waals surface area contributed by atoms with Crippen LogP contribution in [0.4, 0.5) is 14.5 Å². The van der Waals surface area contributed by atoms with Crippen LogP contribution in [0.1, 0.15) is 32.3 Å². The highest BCUT2D eigenvalue weighted by molar-refractivity contribution is 7.92. The molecule has 0 saturated carbocycles. The monoisotopic (exact) mass is 543 g/mol. The van der Waals surface area contributed by atoms with E-state index >= 15 is 0 Å². The van der Waals surface area contributed by atoms with Crippen LogP contribution in [0.15, 0.2) is 83.8 Å². The summed E-state index contributed by atoms with van der Waals surface area (Å²) in [5.41, 5.74) is 0.239. The molecule has 3 aromatic rings. The second-order valence-electron chi connectivity index (χ2n) is 8.73. The van der Waals surface area contributed by atoms with E-state index in [2.05, 4.69) is 5.32 Å². The molecular formula is C28H31F2N3O4S. The molecule has 0 bridgehead atoms. The van der Waals surface area contributed by atoms with Gasteiger partial charge in [-0.15, -0.1) is 0 Å². The number of amides is 2. The van der Waals surface area contributed by atoms with Crippen LogP contribution in [0.3, 0.4) is 0 Å². The minimum Gasteiger partial charge on any atom is -0.354 e. The average molecular weight is 544 g/mol. The van der Waals surface area contributed by atoms with Gasteiger partial charge in [0.1, 0.15) is 24.2 Å². The number of benzene rings is 3. The fraction of sp³-hybridized carbons (Fsp3) is 0.286. The van der Waals surface area contributed by atoms with Gasteiger partial charge >= 0.3 is 0 Å². The number of carbonyl (C=O) groups excluding carboxylic acids is 2. The number of sulfonamides is 1. The van der Waals surface area contributed by atoms with E-state index in [1.54, 1.807) is 24.3 Å². The minimum atomic E-state index is -4.25. The van der Waals surface area contributed by atoms with Gasteiger partial charge in [-0.05, 0) is 55.8 Å². The summed E-state index contributed by atoms with van der Waals surface area (Å²) < 4.78 is 56.2. The Morgan fingerprint density at radius 2 is 1.55 bits per heavy atom. The lowest BCUT2D eigenvalue weighted by molar-refractivity contribution is -0.139. The fourth-order valence-electron chi connectivity index (χ4n) is 3.78. The van der Waals surface area contributed by atoms with E-state index < -0.39 is 46.1 Å². The third-order valence-electron chi connectivity index (χ3n) is 6.02. The summed E-state index contributed by atoms with van der Waals surface area (Å²) in [7, 11) is -4.25. The second kappa shape index (κ2) is 13.1. The summed E-state index contributed by atoms with van der Waals surface area (Å²) in [6, 6.07) is 17.1. The number of anilines is 1. The molecule has 10 heteroatoms. The van der Waals surface area contributed by atoms with Crippen LogP contribution < -0.4 is 9.62 Å². The molecule has 0 spiro atoms. The number of hydrogen-bond acceptors (Lipinski definition) is 4. The highest BCUT2D eigenvalue weighted by Crippen LogP contribution is 2.25. The zero-order valence-electron chi connectivity index (χ0n) is 21.3. The van der Waals surface area contributed by atoms with E-state index in [1.807, 2.05) is 6.92 Å². The van der Waals surface area contributed by atoms with Crippen molar-refractivity contribution in [1.29, 1.82) is 0 Å². The van der Waals surface area contributed by atoms with Crippen molar-refractivity contribution in [3.63, 3.8) is 0 Å². The molecule has 0 saturated heterocycles. The van der Waals surface area contributed by atoms with Gasteiger partial charge < -0.3 is 10.2 Å². The largest absolute Gasteiger partial charge is 0.354 e. The van der Waals surface area contributed by atoms with Crippen LogP contribution in [-0.2, 0) is 26.2 Å². The highest BCUT2D eigenvalue weighted by atomic mass is 32.2. The molecule has 1 N–H and O–H groups in total. The van der Waals surface area contributed by atoms with Crippen LogP contribution in [0.5, 0.6) is 0 Å². The van der Waals surface area contributed by atoms with Gasteiger partial charge in [0.05, 0.1) is 10.6 Å². The number of unbranched alkanes of at least 4 members (excludes halogenated alkanes) is 1. The fourth-order valence-corrected chi connectivity index (χ4v) is 5.22. The van der Waals surface area contributed by atoms with Gasteiger partial charge in [-0.1, -0.05) is 49.7 Å². The quantitative estimate of drug-likeness (QED) is 0.341.